The van der Waals surface area contributed by atoms with Crippen LogP contribution in [0.15, 0.2) is 35.3 Å². The van der Waals surface area contributed by atoms with E-state index in [2.05, 4.69) is 50.4 Å². The van der Waals surface area contributed by atoms with Crippen molar-refractivity contribution in [2.45, 2.75) is 19.8 Å². The number of unbranched alkanes of at least 4 members (excludes halogenated alkanes) is 1. The van der Waals surface area contributed by atoms with E-state index < -0.39 is 0 Å². The Morgan fingerprint density at radius 3 is 2.52 bits per heavy atom. The molecule has 5 nitrogen and oxygen atoms in total. The zero-order chi connectivity index (χ0) is 16.3. The summed E-state index contributed by atoms with van der Waals surface area (Å²) in [5.41, 5.74) is 1.31. The number of ether oxygens (including phenoxy) is 1. The monoisotopic (exact) mass is 318 g/mol. The number of nitrogens with zero attached hydrogens (tertiary/aromatic N) is 3. The second-order valence-corrected chi connectivity index (χ2v) is 5.69. The van der Waals surface area contributed by atoms with E-state index in [-0.39, 0.29) is 0 Å². The molecule has 0 unspecified atom stereocenters. The molecule has 0 radical (unpaired) electrons. The highest BCUT2D eigenvalue weighted by Crippen LogP contribution is 2.15. The fraction of sp³-hybridized carbons (Fsp3) is 0.611. The van der Waals surface area contributed by atoms with Crippen molar-refractivity contribution in [2.75, 3.05) is 57.9 Å². The number of hydrogen-bond donors (Lipinski definition) is 1. The summed E-state index contributed by atoms with van der Waals surface area (Å²) >= 11 is 0. The fourth-order valence-electron chi connectivity index (χ4n) is 2.82. The molecule has 5 heteroatoms. The lowest BCUT2D eigenvalue weighted by atomic mass is 10.2. The number of benzene rings is 1. The van der Waals surface area contributed by atoms with Crippen molar-refractivity contribution in [2.24, 2.45) is 4.99 Å². The highest BCUT2D eigenvalue weighted by atomic mass is 16.5. The first-order chi connectivity index (χ1) is 11.3. The second kappa shape index (κ2) is 10.1. The Hall–Kier alpha value is -1.75. The molecule has 0 atom stereocenters. The van der Waals surface area contributed by atoms with Gasteiger partial charge in [-0.05, 0) is 31.9 Å². The van der Waals surface area contributed by atoms with Crippen LogP contribution in [0.2, 0.25) is 0 Å². The van der Waals surface area contributed by atoms with Crippen LogP contribution in [-0.4, -0.2) is 63.8 Å². The molecular formula is C18H30N4O. The van der Waals surface area contributed by atoms with Crippen LogP contribution in [0.3, 0.4) is 0 Å². The van der Waals surface area contributed by atoms with Gasteiger partial charge in [0.2, 0.25) is 0 Å². The molecule has 1 N–H and O–H groups in total. The minimum atomic E-state index is 0.806. The van der Waals surface area contributed by atoms with Gasteiger partial charge < -0.3 is 19.9 Å². The van der Waals surface area contributed by atoms with Gasteiger partial charge >= 0.3 is 0 Å². The molecule has 1 fully saturated rings. The largest absolute Gasteiger partial charge is 0.382 e. The van der Waals surface area contributed by atoms with E-state index in [4.69, 9.17) is 4.74 Å². The molecule has 1 aromatic carbocycles. The number of piperazine rings is 1. The number of aliphatic imine (C=N–C) groups is 1. The lowest BCUT2D eigenvalue weighted by Gasteiger charge is -2.37. The number of nitrogens with one attached hydrogen (secondary N) is 1. The third-order valence-corrected chi connectivity index (χ3v) is 4.12. The van der Waals surface area contributed by atoms with Crippen molar-refractivity contribution in [3.8, 4) is 0 Å². The summed E-state index contributed by atoms with van der Waals surface area (Å²) < 4.78 is 5.36. The molecular weight excluding hydrogens is 288 g/mol. The SMILES string of the molecule is CCOCCCCNC(=NC)N1CCN(c2ccccc2)CC1. The number of anilines is 1. The predicted octanol–water partition coefficient (Wildman–Crippen LogP) is 2.20. The summed E-state index contributed by atoms with van der Waals surface area (Å²) in [6.07, 6.45) is 2.21. The molecule has 0 saturated carbocycles. The Kier molecular flexibility index (Phi) is 7.73. The first-order valence-corrected chi connectivity index (χ1v) is 8.68. The minimum Gasteiger partial charge on any atom is -0.382 e. The van der Waals surface area contributed by atoms with Crippen molar-refractivity contribution in [3.05, 3.63) is 30.3 Å². The van der Waals surface area contributed by atoms with E-state index in [0.717, 1.165) is 64.7 Å². The van der Waals surface area contributed by atoms with Crippen molar-refractivity contribution < 1.29 is 4.74 Å². The zero-order valence-electron chi connectivity index (χ0n) is 14.5. The molecule has 2 rings (SSSR count). The van der Waals surface area contributed by atoms with Crippen molar-refractivity contribution >= 4 is 11.6 Å². The molecule has 0 spiro atoms. The Balaban J connectivity index is 1.70. The van der Waals surface area contributed by atoms with Crippen LogP contribution in [0.25, 0.3) is 0 Å². The van der Waals surface area contributed by atoms with Crippen LogP contribution >= 0.6 is 0 Å². The maximum Gasteiger partial charge on any atom is 0.193 e. The highest BCUT2D eigenvalue weighted by molar-refractivity contribution is 5.80. The lowest BCUT2D eigenvalue weighted by molar-refractivity contribution is 0.143. The first-order valence-electron chi connectivity index (χ1n) is 8.68. The van der Waals surface area contributed by atoms with E-state index in [1.165, 1.54) is 5.69 Å². The molecule has 23 heavy (non-hydrogen) atoms. The van der Waals surface area contributed by atoms with Crippen molar-refractivity contribution in [3.63, 3.8) is 0 Å². The van der Waals surface area contributed by atoms with E-state index >= 15 is 0 Å². The van der Waals surface area contributed by atoms with E-state index in [1.807, 2.05) is 14.0 Å². The number of guanidine groups is 1. The molecule has 1 aliphatic heterocycles. The molecule has 1 saturated heterocycles. The van der Waals surface area contributed by atoms with Gasteiger partial charge in [-0.25, -0.2) is 0 Å². The molecule has 1 heterocycles. The summed E-state index contributed by atoms with van der Waals surface area (Å²) in [7, 11) is 1.87. The smallest absolute Gasteiger partial charge is 0.193 e. The van der Waals surface area contributed by atoms with Crippen molar-refractivity contribution in [1.82, 2.24) is 10.2 Å². The summed E-state index contributed by atoms with van der Waals surface area (Å²) in [6, 6.07) is 10.6. The summed E-state index contributed by atoms with van der Waals surface area (Å²) in [5, 5.41) is 3.47. The molecule has 0 bridgehead atoms. The van der Waals surface area contributed by atoms with Gasteiger partial charge in [-0.3, -0.25) is 4.99 Å². The number of para-hydroxylation sites is 1. The van der Waals surface area contributed by atoms with Gasteiger partial charge in [-0.15, -0.1) is 0 Å². The van der Waals surface area contributed by atoms with Gasteiger partial charge in [0.15, 0.2) is 5.96 Å². The van der Waals surface area contributed by atoms with Crippen LogP contribution < -0.4 is 10.2 Å². The molecule has 1 aromatic rings. The molecule has 0 amide bonds. The topological polar surface area (TPSA) is 40.1 Å². The standard InChI is InChI=1S/C18H30N4O/c1-3-23-16-8-7-11-20-18(19-2)22-14-12-21(13-15-22)17-9-5-4-6-10-17/h4-6,9-10H,3,7-8,11-16H2,1-2H3,(H,19,20). The van der Waals surface area contributed by atoms with Gasteiger partial charge in [0, 0.05) is 58.7 Å². The zero-order valence-corrected chi connectivity index (χ0v) is 14.5. The molecule has 0 aliphatic carbocycles. The van der Waals surface area contributed by atoms with Crippen LogP contribution in [0.5, 0.6) is 0 Å². The average Bonchev–Trinajstić information content (AvgIpc) is 2.62. The average molecular weight is 318 g/mol. The number of hydrogen-bond acceptors (Lipinski definition) is 3. The lowest BCUT2D eigenvalue weighted by Crippen LogP contribution is -2.52. The quantitative estimate of drug-likeness (QED) is 0.475. The summed E-state index contributed by atoms with van der Waals surface area (Å²) in [6.45, 7) is 8.74. The van der Waals surface area contributed by atoms with Gasteiger partial charge in [0.05, 0.1) is 0 Å². The fourth-order valence-corrected chi connectivity index (χ4v) is 2.82. The van der Waals surface area contributed by atoms with Crippen LogP contribution in [0.4, 0.5) is 5.69 Å². The molecule has 0 aromatic heterocycles. The minimum absolute atomic E-state index is 0.806. The Morgan fingerprint density at radius 1 is 1.13 bits per heavy atom. The Labute approximate surface area is 140 Å². The van der Waals surface area contributed by atoms with Crippen LogP contribution in [0.1, 0.15) is 19.8 Å². The van der Waals surface area contributed by atoms with Gasteiger partial charge in [0.25, 0.3) is 0 Å². The van der Waals surface area contributed by atoms with E-state index in [9.17, 15) is 0 Å². The van der Waals surface area contributed by atoms with Crippen LogP contribution in [-0.2, 0) is 4.74 Å². The highest BCUT2D eigenvalue weighted by Gasteiger charge is 2.19. The summed E-state index contributed by atoms with van der Waals surface area (Å²) in [4.78, 5) is 9.21. The van der Waals surface area contributed by atoms with Gasteiger partial charge in [-0.2, -0.15) is 0 Å². The Morgan fingerprint density at radius 2 is 1.87 bits per heavy atom. The Bertz CT molecular complexity index is 455. The normalized spacial score (nSPS) is 15.8. The number of rotatable bonds is 7. The predicted molar refractivity (Wildman–Crippen MR) is 97.3 cm³/mol. The van der Waals surface area contributed by atoms with E-state index in [0.29, 0.717) is 0 Å². The summed E-state index contributed by atoms with van der Waals surface area (Å²) in [5.74, 6) is 1.02. The third kappa shape index (κ3) is 5.75. The van der Waals surface area contributed by atoms with Crippen molar-refractivity contribution in [1.29, 1.82) is 0 Å². The molecule has 128 valence electrons. The van der Waals surface area contributed by atoms with E-state index in [1.54, 1.807) is 0 Å². The first kappa shape index (κ1) is 17.6. The van der Waals surface area contributed by atoms with Gasteiger partial charge in [-0.1, -0.05) is 18.2 Å². The molecule has 1 aliphatic rings. The third-order valence-electron chi connectivity index (χ3n) is 4.12. The van der Waals surface area contributed by atoms with Gasteiger partial charge in [0.1, 0.15) is 0 Å². The maximum atomic E-state index is 5.36. The maximum absolute atomic E-state index is 5.36. The van der Waals surface area contributed by atoms with Crippen LogP contribution in [0, 0.1) is 0 Å². The second-order valence-electron chi connectivity index (χ2n) is 5.69.